The number of ketones is 1. The van der Waals surface area contributed by atoms with Crippen LogP contribution >= 0.6 is 0 Å². The van der Waals surface area contributed by atoms with Gasteiger partial charge < -0.3 is 0 Å². The van der Waals surface area contributed by atoms with E-state index in [2.05, 4.69) is 12.2 Å². The van der Waals surface area contributed by atoms with E-state index >= 15 is 0 Å². The molecule has 0 saturated carbocycles. The Morgan fingerprint density at radius 1 is 0.786 bits per heavy atom. The average Bonchev–Trinajstić information content (AvgIpc) is 2.54. The fraction of sp³-hybridized carbons (Fsp3) is 0.154. The Bertz CT molecular complexity index is 414. The van der Waals surface area contributed by atoms with Crippen LogP contribution in [0, 0.1) is 10.8 Å². The first-order valence-electron chi connectivity index (χ1n) is 4.77. The van der Waals surface area contributed by atoms with Crippen LogP contribution in [-0.2, 0) is 4.79 Å². The largest absolute Gasteiger partial charge is 0.293 e. The Balaban J connectivity index is 2.31. The summed E-state index contributed by atoms with van der Waals surface area (Å²) in [5.74, 6) is 0.179. The van der Waals surface area contributed by atoms with E-state index in [4.69, 9.17) is 0 Å². The van der Waals surface area contributed by atoms with Crippen molar-refractivity contribution in [2.45, 2.75) is 0 Å². The molecule has 0 bridgehead atoms. The van der Waals surface area contributed by atoms with Crippen molar-refractivity contribution in [2.75, 3.05) is 0 Å². The van der Waals surface area contributed by atoms with Crippen LogP contribution in [-0.4, -0.2) is 5.78 Å². The molecule has 0 saturated heterocycles. The van der Waals surface area contributed by atoms with E-state index in [1.54, 1.807) is 6.08 Å². The zero-order chi connectivity index (χ0) is 9.65. The molecule has 0 aliphatic heterocycles. The van der Waals surface area contributed by atoms with Gasteiger partial charge in [-0.05, 0) is 6.08 Å². The Morgan fingerprint density at radius 3 is 1.93 bits per heavy atom. The minimum absolute atomic E-state index is 0.179. The summed E-state index contributed by atoms with van der Waals surface area (Å²) in [5.41, 5.74) is -0.690. The SMILES string of the molecule is O=C1C=CC23C=CC=CC12C=CC=C3. The summed E-state index contributed by atoms with van der Waals surface area (Å²) in [7, 11) is 0. The summed E-state index contributed by atoms with van der Waals surface area (Å²) < 4.78 is 0. The van der Waals surface area contributed by atoms with E-state index in [-0.39, 0.29) is 11.2 Å². The van der Waals surface area contributed by atoms with Gasteiger partial charge in [-0.25, -0.2) is 0 Å². The third-order valence-corrected chi connectivity index (χ3v) is 3.32. The maximum absolute atomic E-state index is 11.9. The molecular formula is C13H10O. The normalized spacial score (nSPS) is 41.6. The van der Waals surface area contributed by atoms with Gasteiger partial charge in [0.25, 0.3) is 0 Å². The van der Waals surface area contributed by atoms with Gasteiger partial charge in [0.1, 0.15) is 0 Å². The zero-order valence-electron chi connectivity index (χ0n) is 7.68. The molecule has 0 aromatic heterocycles. The van der Waals surface area contributed by atoms with Gasteiger partial charge in [0.15, 0.2) is 5.78 Å². The molecule has 3 rings (SSSR count). The predicted molar refractivity (Wildman–Crippen MR) is 55.6 cm³/mol. The van der Waals surface area contributed by atoms with E-state index in [1.165, 1.54) is 0 Å². The molecule has 14 heavy (non-hydrogen) atoms. The zero-order valence-corrected chi connectivity index (χ0v) is 7.68. The smallest absolute Gasteiger partial charge is 0.170 e. The summed E-state index contributed by atoms with van der Waals surface area (Å²) in [6.07, 6.45) is 19.8. The second kappa shape index (κ2) is 2.24. The van der Waals surface area contributed by atoms with E-state index in [9.17, 15) is 4.79 Å². The average molecular weight is 182 g/mol. The molecular weight excluding hydrogens is 172 g/mol. The number of carbonyl (C=O) groups excluding carboxylic acids is 1. The molecule has 0 fully saturated rings. The van der Waals surface area contributed by atoms with E-state index in [0.29, 0.717) is 0 Å². The molecule has 0 N–H and O–H groups in total. The highest BCUT2D eigenvalue weighted by atomic mass is 16.1. The van der Waals surface area contributed by atoms with Crippen molar-refractivity contribution in [1.29, 1.82) is 0 Å². The molecule has 3 aliphatic rings. The molecule has 0 spiro atoms. The molecule has 0 radical (unpaired) electrons. The third kappa shape index (κ3) is 0.652. The summed E-state index contributed by atoms with van der Waals surface area (Å²) in [6, 6.07) is 0. The van der Waals surface area contributed by atoms with Crippen molar-refractivity contribution in [3.05, 3.63) is 60.8 Å². The highest BCUT2D eigenvalue weighted by Gasteiger charge is 2.52. The lowest BCUT2D eigenvalue weighted by Crippen LogP contribution is -2.39. The van der Waals surface area contributed by atoms with Gasteiger partial charge in [-0.3, -0.25) is 4.79 Å². The summed E-state index contributed by atoms with van der Waals surface area (Å²) in [6.45, 7) is 0. The first-order valence-corrected chi connectivity index (χ1v) is 4.77. The van der Waals surface area contributed by atoms with Gasteiger partial charge in [-0.15, -0.1) is 0 Å². The van der Waals surface area contributed by atoms with Crippen LogP contribution in [0.2, 0.25) is 0 Å². The van der Waals surface area contributed by atoms with Gasteiger partial charge in [-0.1, -0.05) is 54.7 Å². The van der Waals surface area contributed by atoms with Crippen LogP contribution < -0.4 is 0 Å². The van der Waals surface area contributed by atoms with Gasteiger partial charge in [-0.2, -0.15) is 0 Å². The van der Waals surface area contributed by atoms with Crippen LogP contribution in [0.4, 0.5) is 0 Å². The molecule has 0 atom stereocenters. The second-order valence-corrected chi connectivity index (χ2v) is 3.94. The van der Waals surface area contributed by atoms with Crippen molar-refractivity contribution in [1.82, 2.24) is 0 Å². The lowest BCUT2D eigenvalue weighted by molar-refractivity contribution is -0.120. The molecule has 1 heteroatoms. The van der Waals surface area contributed by atoms with Crippen LogP contribution in [0.15, 0.2) is 60.8 Å². The predicted octanol–water partition coefficient (Wildman–Crippen LogP) is 2.35. The number of hydrogen-bond donors (Lipinski definition) is 0. The summed E-state index contributed by atoms with van der Waals surface area (Å²) >= 11 is 0. The van der Waals surface area contributed by atoms with Gasteiger partial charge in [0.05, 0.1) is 5.41 Å². The first kappa shape index (κ1) is 7.74. The Hall–Kier alpha value is -1.63. The fourth-order valence-corrected chi connectivity index (χ4v) is 2.50. The molecule has 1 nitrogen and oxygen atoms in total. The first-order chi connectivity index (χ1) is 6.79. The number of allylic oxidation sites excluding steroid dienone is 10. The second-order valence-electron chi connectivity index (χ2n) is 3.94. The van der Waals surface area contributed by atoms with Crippen LogP contribution in [0.3, 0.4) is 0 Å². The minimum Gasteiger partial charge on any atom is -0.293 e. The maximum Gasteiger partial charge on any atom is 0.170 e. The van der Waals surface area contributed by atoms with Crippen molar-refractivity contribution < 1.29 is 4.79 Å². The number of hydrogen-bond acceptors (Lipinski definition) is 1. The Kier molecular flexibility index (Phi) is 1.24. The lowest BCUT2D eigenvalue weighted by atomic mass is 9.61. The monoisotopic (exact) mass is 182 g/mol. The fourth-order valence-electron chi connectivity index (χ4n) is 2.50. The number of rotatable bonds is 0. The lowest BCUT2D eigenvalue weighted by Gasteiger charge is -2.39. The maximum atomic E-state index is 11.9. The van der Waals surface area contributed by atoms with Crippen LogP contribution in [0.5, 0.6) is 0 Å². The molecule has 0 heterocycles. The standard InChI is InChI=1S/C13H10O/c14-11-5-10-12-6-1-3-8-13(11,12)9-4-2-7-12/h1-10H. The number of carbonyl (C=O) groups is 1. The third-order valence-electron chi connectivity index (χ3n) is 3.32. The topological polar surface area (TPSA) is 17.1 Å². The van der Waals surface area contributed by atoms with Crippen LogP contribution in [0.25, 0.3) is 0 Å². The molecule has 0 aromatic rings. The van der Waals surface area contributed by atoms with Crippen molar-refractivity contribution in [3.8, 4) is 0 Å². The molecule has 0 amide bonds. The van der Waals surface area contributed by atoms with E-state index in [0.717, 1.165) is 0 Å². The molecule has 3 aliphatic carbocycles. The van der Waals surface area contributed by atoms with Crippen molar-refractivity contribution in [3.63, 3.8) is 0 Å². The highest BCUT2D eigenvalue weighted by molar-refractivity contribution is 6.03. The Labute approximate surface area is 82.8 Å². The van der Waals surface area contributed by atoms with Crippen molar-refractivity contribution >= 4 is 5.78 Å². The van der Waals surface area contributed by atoms with Crippen molar-refractivity contribution in [2.24, 2.45) is 10.8 Å². The van der Waals surface area contributed by atoms with Gasteiger partial charge in [0.2, 0.25) is 0 Å². The molecule has 68 valence electrons. The van der Waals surface area contributed by atoms with Gasteiger partial charge in [0, 0.05) is 5.41 Å². The van der Waals surface area contributed by atoms with Gasteiger partial charge >= 0.3 is 0 Å². The quantitative estimate of drug-likeness (QED) is 0.562. The van der Waals surface area contributed by atoms with E-state index in [1.807, 2.05) is 42.5 Å². The Morgan fingerprint density at radius 2 is 1.36 bits per heavy atom. The molecule has 0 unspecified atom stereocenters. The highest BCUT2D eigenvalue weighted by Crippen LogP contribution is 2.53. The summed E-state index contributed by atoms with van der Waals surface area (Å²) in [5, 5.41) is 0. The van der Waals surface area contributed by atoms with Crippen LogP contribution in [0.1, 0.15) is 0 Å². The summed E-state index contributed by atoms with van der Waals surface area (Å²) in [4.78, 5) is 11.9. The van der Waals surface area contributed by atoms with E-state index < -0.39 is 5.41 Å². The minimum atomic E-state index is -0.462. The molecule has 0 aromatic carbocycles.